The molecular weight excluding hydrogens is 444 g/mol. The summed E-state index contributed by atoms with van der Waals surface area (Å²) in [4.78, 5) is 12.6. The second kappa shape index (κ2) is 11.6. The first kappa shape index (κ1) is 23.0. The van der Waals surface area contributed by atoms with E-state index in [1.54, 1.807) is 12.1 Å². The number of hydrogen-bond donors (Lipinski definition) is 2. The normalized spacial score (nSPS) is 10.2. The maximum atomic E-state index is 12.6. The van der Waals surface area contributed by atoms with Gasteiger partial charge >= 0.3 is 0 Å². The summed E-state index contributed by atoms with van der Waals surface area (Å²) in [6.07, 6.45) is 0. The topological polar surface area (TPSA) is 59.6 Å². The molecule has 0 atom stereocenters. The van der Waals surface area contributed by atoms with Crippen molar-refractivity contribution in [2.24, 2.45) is 0 Å². The lowest BCUT2D eigenvalue weighted by Gasteiger charge is -2.15. The Morgan fingerprint density at radius 2 is 1.26 bits per heavy atom. The first-order valence-electron chi connectivity index (χ1n) is 10.9. The van der Waals surface area contributed by atoms with Crippen molar-refractivity contribution in [3.63, 3.8) is 0 Å². The fourth-order valence-corrected chi connectivity index (χ4v) is 3.50. The van der Waals surface area contributed by atoms with Crippen molar-refractivity contribution >= 4 is 28.9 Å². The zero-order valence-corrected chi connectivity index (χ0v) is 19.3. The minimum atomic E-state index is -0.285. The van der Waals surface area contributed by atoms with Crippen LogP contribution in [-0.4, -0.2) is 24.2 Å². The third-order valence-electron chi connectivity index (χ3n) is 4.97. The van der Waals surface area contributed by atoms with E-state index in [0.717, 1.165) is 16.9 Å². The molecule has 0 bridgehead atoms. The molecule has 0 radical (unpaired) electrons. The van der Waals surface area contributed by atoms with Gasteiger partial charge in [-0.1, -0.05) is 72.8 Å². The van der Waals surface area contributed by atoms with Crippen LogP contribution in [0.15, 0.2) is 109 Å². The molecule has 5 nitrogen and oxygen atoms in total. The summed E-state index contributed by atoms with van der Waals surface area (Å²) >= 11 is 5.35. The van der Waals surface area contributed by atoms with Crippen molar-refractivity contribution in [1.29, 1.82) is 0 Å². The van der Waals surface area contributed by atoms with E-state index in [-0.39, 0.29) is 11.0 Å². The highest BCUT2D eigenvalue weighted by Gasteiger charge is 2.10. The highest BCUT2D eigenvalue weighted by Crippen LogP contribution is 2.24. The van der Waals surface area contributed by atoms with Gasteiger partial charge in [-0.15, -0.1) is 0 Å². The third kappa shape index (κ3) is 6.43. The monoisotopic (exact) mass is 468 g/mol. The third-order valence-corrected chi connectivity index (χ3v) is 5.17. The number of anilines is 1. The molecule has 6 heteroatoms. The predicted octanol–water partition coefficient (Wildman–Crippen LogP) is 5.94. The van der Waals surface area contributed by atoms with Gasteiger partial charge in [-0.25, -0.2) is 0 Å². The summed E-state index contributed by atoms with van der Waals surface area (Å²) in [6, 6.07) is 34.4. The Kier molecular flexibility index (Phi) is 7.87. The number of thiocarbonyl (C=S) groups is 1. The van der Waals surface area contributed by atoms with Crippen LogP contribution in [0.4, 0.5) is 5.69 Å². The first-order valence-corrected chi connectivity index (χ1v) is 11.3. The van der Waals surface area contributed by atoms with E-state index in [1.165, 1.54) is 0 Å². The highest BCUT2D eigenvalue weighted by atomic mass is 32.1. The smallest absolute Gasteiger partial charge is 0.257 e. The molecule has 0 saturated heterocycles. The highest BCUT2D eigenvalue weighted by molar-refractivity contribution is 7.80. The number of benzene rings is 4. The lowest BCUT2D eigenvalue weighted by molar-refractivity contribution is 0.0977. The molecule has 0 saturated carbocycles. The van der Waals surface area contributed by atoms with Crippen LogP contribution < -0.4 is 20.1 Å². The Morgan fingerprint density at radius 3 is 2.00 bits per heavy atom. The molecule has 0 aliphatic rings. The number of carbonyl (C=O) groups is 1. The van der Waals surface area contributed by atoms with Gasteiger partial charge in [0.2, 0.25) is 0 Å². The molecule has 4 aromatic carbocycles. The minimum Gasteiger partial charge on any atom is -0.490 e. The molecule has 34 heavy (non-hydrogen) atoms. The number of hydrogen-bond acceptors (Lipinski definition) is 4. The van der Waals surface area contributed by atoms with Crippen LogP contribution in [0, 0.1) is 0 Å². The number of rotatable bonds is 8. The largest absolute Gasteiger partial charge is 0.490 e. The Balaban J connectivity index is 1.30. The van der Waals surface area contributed by atoms with Crippen molar-refractivity contribution in [3.8, 4) is 22.6 Å². The van der Waals surface area contributed by atoms with Gasteiger partial charge in [0.1, 0.15) is 24.7 Å². The Labute approximate surface area is 204 Å². The Hall–Kier alpha value is -4.16. The first-order chi connectivity index (χ1) is 16.7. The van der Waals surface area contributed by atoms with Gasteiger partial charge in [0, 0.05) is 5.56 Å². The average Bonchev–Trinajstić information content (AvgIpc) is 2.88. The fourth-order valence-electron chi connectivity index (χ4n) is 3.30. The quantitative estimate of drug-likeness (QED) is 0.248. The summed E-state index contributed by atoms with van der Waals surface area (Å²) in [5, 5.41) is 5.95. The van der Waals surface area contributed by atoms with E-state index in [9.17, 15) is 4.79 Å². The molecule has 2 N–H and O–H groups in total. The zero-order valence-electron chi connectivity index (χ0n) is 18.4. The van der Waals surface area contributed by atoms with Gasteiger partial charge in [-0.3, -0.25) is 10.1 Å². The number of para-hydroxylation sites is 3. The minimum absolute atomic E-state index is 0.189. The summed E-state index contributed by atoms with van der Waals surface area (Å²) in [5.74, 6) is 1.12. The fraction of sp³-hybridized carbons (Fsp3) is 0.0714. The van der Waals surface area contributed by atoms with E-state index < -0.39 is 0 Å². The summed E-state index contributed by atoms with van der Waals surface area (Å²) in [5.41, 5.74) is 3.32. The molecule has 1 amide bonds. The van der Waals surface area contributed by atoms with E-state index in [2.05, 4.69) is 10.6 Å². The molecule has 0 fully saturated rings. The van der Waals surface area contributed by atoms with Gasteiger partial charge in [-0.2, -0.15) is 0 Å². The second-order valence-electron chi connectivity index (χ2n) is 7.36. The number of carbonyl (C=O) groups excluding carboxylic acids is 1. The summed E-state index contributed by atoms with van der Waals surface area (Å²) in [7, 11) is 0. The van der Waals surface area contributed by atoms with E-state index in [0.29, 0.717) is 30.2 Å². The van der Waals surface area contributed by atoms with Crippen LogP contribution in [0.1, 0.15) is 10.4 Å². The number of ether oxygens (including phenoxy) is 2. The molecule has 170 valence electrons. The van der Waals surface area contributed by atoms with Crippen LogP contribution in [-0.2, 0) is 0 Å². The molecule has 0 spiro atoms. The molecule has 0 unspecified atom stereocenters. The predicted molar refractivity (Wildman–Crippen MR) is 139 cm³/mol. The molecule has 0 aliphatic heterocycles. The van der Waals surface area contributed by atoms with Gasteiger partial charge in [0.15, 0.2) is 5.11 Å². The molecule has 0 aliphatic carbocycles. The lowest BCUT2D eigenvalue weighted by atomic mass is 10.0. The molecule has 0 aromatic heterocycles. The van der Waals surface area contributed by atoms with Gasteiger partial charge in [-0.05, 0) is 59.7 Å². The maximum Gasteiger partial charge on any atom is 0.257 e. The van der Waals surface area contributed by atoms with Crippen molar-refractivity contribution in [3.05, 3.63) is 115 Å². The molecule has 4 rings (SSSR count). The van der Waals surface area contributed by atoms with E-state index in [1.807, 2.05) is 97.1 Å². The van der Waals surface area contributed by atoms with E-state index >= 15 is 0 Å². The molecular formula is C28H24N2O3S. The SMILES string of the molecule is O=C(NC(=S)Nc1ccccc1OCCOc1ccccc1)c1ccc(-c2ccccc2)cc1. The maximum absolute atomic E-state index is 12.6. The number of nitrogens with one attached hydrogen (secondary N) is 2. The molecule has 0 heterocycles. The standard InChI is InChI=1S/C28H24N2O3S/c31-27(23-17-15-22(16-18-23)21-9-3-1-4-10-21)30-28(34)29-25-13-7-8-14-26(25)33-20-19-32-24-11-5-2-6-12-24/h1-18H,19-20H2,(H2,29,30,31,34). The van der Waals surface area contributed by atoms with Gasteiger partial charge in [0.25, 0.3) is 5.91 Å². The lowest BCUT2D eigenvalue weighted by Crippen LogP contribution is -2.34. The van der Waals surface area contributed by atoms with Crippen LogP contribution in [0.2, 0.25) is 0 Å². The van der Waals surface area contributed by atoms with E-state index in [4.69, 9.17) is 21.7 Å². The second-order valence-corrected chi connectivity index (χ2v) is 7.77. The zero-order chi connectivity index (χ0) is 23.6. The summed E-state index contributed by atoms with van der Waals surface area (Å²) < 4.78 is 11.5. The van der Waals surface area contributed by atoms with Crippen LogP contribution in [0.5, 0.6) is 11.5 Å². The molecule has 4 aromatic rings. The van der Waals surface area contributed by atoms with Gasteiger partial charge in [0.05, 0.1) is 5.69 Å². The van der Waals surface area contributed by atoms with Crippen molar-refractivity contribution < 1.29 is 14.3 Å². The van der Waals surface area contributed by atoms with Crippen LogP contribution in [0.3, 0.4) is 0 Å². The number of amides is 1. The van der Waals surface area contributed by atoms with Crippen molar-refractivity contribution in [1.82, 2.24) is 5.32 Å². The van der Waals surface area contributed by atoms with Crippen molar-refractivity contribution in [2.45, 2.75) is 0 Å². The average molecular weight is 469 g/mol. The van der Waals surface area contributed by atoms with Crippen LogP contribution in [0.25, 0.3) is 11.1 Å². The Morgan fingerprint density at radius 1 is 0.676 bits per heavy atom. The van der Waals surface area contributed by atoms with Crippen LogP contribution >= 0.6 is 12.2 Å². The summed E-state index contributed by atoms with van der Waals surface area (Å²) in [6.45, 7) is 0.763. The Bertz CT molecular complexity index is 1230. The van der Waals surface area contributed by atoms with Gasteiger partial charge < -0.3 is 14.8 Å². The van der Waals surface area contributed by atoms with Crippen molar-refractivity contribution in [2.75, 3.05) is 18.5 Å².